The van der Waals surface area contributed by atoms with E-state index in [4.69, 9.17) is 9.84 Å². The topological polar surface area (TPSA) is 46.5 Å². The maximum atomic E-state index is 13.6. The van der Waals surface area contributed by atoms with E-state index >= 15 is 0 Å². The van der Waals surface area contributed by atoms with Crippen molar-refractivity contribution in [1.29, 1.82) is 0 Å². The summed E-state index contributed by atoms with van der Waals surface area (Å²) < 4.78 is 19.1. The fraction of sp³-hybridized carbons (Fsp3) is 0.188. The van der Waals surface area contributed by atoms with Crippen molar-refractivity contribution in [1.82, 2.24) is 0 Å². The molecule has 2 rings (SSSR count). The van der Waals surface area contributed by atoms with Crippen LogP contribution in [0.3, 0.4) is 0 Å². The van der Waals surface area contributed by atoms with Gasteiger partial charge in [0.15, 0.2) is 0 Å². The number of benzene rings is 2. The molecule has 0 bridgehead atoms. The third-order valence-electron chi connectivity index (χ3n) is 2.76. The van der Waals surface area contributed by atoms with Crippen LogP contribution in [0.1, 0.15) is 24.2 Å². The molecule has 104 valence electrons. The molecular weight excluding hydrogens is 259 g/mol. The molecular formula is C16H15FO3. The molecule has 0 fully saturated rings. The molecule has 3 nitrogen and oxygen atoms in total. The van der Waals surface area contributed by atoms with E-state index in [1.165, 1.54) is 6.07 Å². The van der Waals surface area contributed by atoms with Gasteiger partial charge in [0.2, 0.25) is 0 Å². The average Bonchev–Trinajstić information content (AvgIpc) is 2.38. The Morgan fingerprint density at radius 1 is 1.15 bits per heavy atom. The Balaban J connectivity index is 2.42. The molecule has 0 aliphatic heterocycles. The van der Waals surface area contributed by atoms with Crippen LogP contribution in [0.2, 0.25) is 0 Å². The third kappa shape index (κ3) is 2.96. The molecule has 0 radical (unpaired) electrons. The summed E-state index contributed by atoms with van der Waals surface area (Å²) in [5.74, 6) is -1.32. The van der Waals surface area contributed by atoms with Gasteiger partial charge >= 0.3 is 5.97 Å². The van der Waals surface area contributed by atoms with Crippen molar-refractivity contribution in [3.05, 3.63) is 53.8 Å². The van der Waals surface area contributed by atoms with Gasteiger partial charge in [-0.3, -0.25) is 0 Å². The van der Waals surface area contributed by atoms with Crippen molar-refractivity contribution < 1.29 is 19.0 Å². The standard InChI is InChI=1S/C16H15FO3/c1-10(2)20-12-8-6-11(7-9-12)13-4-3-5-14(17)15(13)16(18)19/h3-10H,1-2H3,(H,18,19). The lowest BCUT2D eigenvalue weighted by atomic mass is 9.99. The molecule has 0 amide bonds. The van der Waals surface area contributed by atoms with E-state index in [1.807, 2.05) is 13.8 Å². The largest absolute Gasteiger partial charge is 0.491 e. The van der Waals surface area contributed by atoms with E-state index in [-0.39, 0.29) is 11.7 Å². The Labute approximate surface area is 116 Å². The zero-order valence-corrected chi connectivity index (χ0v) is 11.3. The van der Waals surface area contributed by atoms with E-state index in [2.05, 4.69) is 0 Å². The number of hydrogen-bond donors (Lipinski definition) is 1. The van der Waals surface area contributed by atoms with Gasteiger partial charge in [-0.05, 0) is 43.2 Å². The van der Waals surface area contributed by atoms with E-state index < -0.39 is 11.8 Å². The predicted octanol–water partition coefficient (Wildman–Crippen LogP) is 3.98. The van der Waals surface area contributed by atoms with Crippen molar-refractivity contribution in [3.63, 3.8) is 0 Å². The van der Waals surface area contributed by atoms with Gasteiger partial charge < -0.3 is 9.84 Å². The number of halogens is 1. The lowest BCUT2D eigenvalue weighted by Gasteiger charge is -2.11. The summed E-state index contributed by atoms with van der Waals surface area (Å²) in [6, 6.07) is 11.2. The highest BCUT2D eigenvalue weighted by Gasteiger charge is 2.16. The van der Waals surface area contributed by atoms with Gasteiger partial charge in [0.05, 0.1) is 6.10 Å². The lowest BCUT2D eigenvalue weighted by Crippen LogP contribution is -2.05. The minimum atomic E-state index is -1.28. The molecule has 0 saturated heterocycles. The van der Waals surface area contributed by atoms with Crippen LogP contribution < -0.4 is 4.74 Å². The predicted molar refractivity (Wildman–Crippen MR) is 74.6 cm³/mol. The minimum absolute atomic E-state index is 0.0598. The fourth-order valence-corrected chi connectivity index (χ4v) is 1.97. The van der Waals surface area contributed by atoms with Gasteiger partial charge in [0.1, 0.15) is 17.1 Å². The average molecular weight is 274 g/mol. The molecule has 20 heavy (non-hydrogen) atoms. The molecule has 0 aliphatic rings. The second kappa shape index (κ2) is 5.74. The van der Waals surface area contributed by atoms with Crippen LogP contribution >= 0.6 is 0 Å². The second-order valence-corrected chi connectivity index (χ2v) is 4.66. The highest BCUT2D eigenvalue weighted by molar-refractivity contribution is 5.96. The first-order chi connectivity index (χ1) is 9.49. The molecule has 0 aromatic heterocycles. The van der Waals surface area contributed by atoms with Crippen LogP contribution in [0, 0.1) is 5.82 Å². The number of hydrogen-bond acceptors (Lipinski definition) is 2. The number of carbonyl (C=O) groups is 1. The van der Waals surface area contributed by atoms with Crippen LogP contribution in [0.25, 0.3) is 11.1 Å². The van der Waals surface area contributed by atoms with E-state index in [0.29, 0.717) is 16.9 Å². The highest BCUT2D eigenvalue weighted by atomic mass is 19.1. The first-order valence-corrected chi connectivity index (χ1v) is 6.28. The summed E-state index contributed by atoms with van der Waals surface area (Å²) in [5, 5.41) is 9.12. The van der Waals surface area contributed by atoms with E-state index in [9.17, 15) is 9.18 Å². The summed E-state index contributed by atoms with van der Waals surface area (Å²) >= 11 is 0. The van der Waals surface area contributed by atoms with Gasteiger partial charge in [0.25, 0.3) is 0 Å². The number of carboxylic acids is 1. The SMILES string of the molecule is CC(C)Oc1ccc(-c2cccc(F)c2C(=O)O)cc1. The Bertz CT molecular complexity index is 618. The first-order valence-electron chi connectivity index (χ1n) is 6.28. The van der Waals surface area contributed by atoms with Gasteiger partial charge in [0, 0.05) is 0 Å². The number of rotatable bonds is 4. The van der Waals surface area contributed by atoms with Gasteiger partial charge in [-0.25, -0.2) is 9.18 Å². The molecule has 1 N–H and O–H groups in total. The third-order valence-corrected chi connectivity index (χ3v) is 2.76. The van der Waals surface area contributed by atoms with Crippen LogP contribution in [0.5, 0.6) is 5.75 Å². The summed E-state index contributed by atoms with van der Waals surface area (Å²) in [6.45, 7) is 3.84. The Morgan fingerprint density at radius 3 is 2.35 bits per heavy atom. The molecule has 4 heteroatoms. The maximum Gasteiger partial charge on any atom is 0.339 e. The maximum absolute atomic E-state index is 13.6. The lowest BCUT2D eigenvalue weighted by molar-refractivity contribution is 0.0693. The van der Waals surface area contributed by atoms with Crippen molar-refractivity contribution >= 4 is 5.97 Å². The van der Waals surface area contributed by atoms with E-state index in [1.54, 1.807) is 30.3 Å². The molecule has 2 aromatic rings. The molecule has 0 unspecified atom stereocenters. The van der Waals surface area contributed by atoms with Crippen LogP contribution in [-0.2, 0) is 0 Å². The Hall–Kier alpha value is -2.36. The first kappa shape index (κ1) is 14.1. The normalized spacial score (nSPS) is 10.6. The van der Waals surface area contributed by atoms with Crippen molar-refractivity contribution in [2.75, 3.05) is 0 Å². The van der Waals surface area contributed by atoms with Crippen molar-refractivity contribution in [2.24, 2.45) is 0 Å². The van der Waals surface area contributed by atoms with E-state index in [0.717, 1.165) is 6.07 Å². The van der Waals surface area contributed by atoms with Crippen LogP contribution in [0.4, 0.5) is 4.39 Å². The van der Waals surface area contributed by atoms with Crippen LogP contribution in [-0.4, -0.2) is 17.2 Å². The molecule has 0 saturated carbocycles. The smallest absolute Gasteiger partial charge is 0.339 e. The Kier molecular flexibility index (Phi) is 4.03. The summed E-state index contributed by atoms with van der Waals surface area (Å²) in [7, 11) is 0. The minimum Gasteiger partial charge on any atom is -0.491 e. The fourth-order valence-electron chi connectivity index (χ4n) is 1.97. The number of aromatic carboxylic acids is 1. The quantitative estimate of drug-likeness (QED) is 0.917. The van der Waals surface area contributed by atoms with Crippen molar-refractivity contribution in [2.45, 2.75) is 20.0 Å². The van der Waals surface area contributed by atoms with Crippen LogP contribution in [0.15, 0.2) is 42.5 Å². The molecule has 2 aromatic carbocycles. The molecule has 0 spiro atoms. The zero-order valence-electron chi connectivity index (χ0n) is 11.3. The van der Waals surface area contributed by atoms with Gasteiger partial charge in [-0.2, -0.15) is 0 Å². The molecule has 0 atom stereocenters. The highest BCUT2D eigenvalue weighted by Crippen LogP contribution is 2.27. The molecule has 0 heterocycles. The van der Waals surface area contributed by atoms with Gasteiger partial charge in [-0.15, -0.1) is 0 Å². The second-order valence-electron chi connectivity index (χ2n) is 4.66. The zero-order chi connectivity index (χ0) is 14.7. The Morgan fingerprint density at radius 2 is 1.80 bits per heavy atom. The van der Waals surface area contributed by atoms with Gasteiger partial charge in [-0.1, -0.05) is 24.3 Å². The summed E-state index contributed by atoms with van der Waals surface area (Å²) in [5.41, 5.74) is 0.677. The molecule has 0 aliphatic carbocycles. The monoisotopic (exact) mass is 274 g/mol. The number of ether oxygens (including phenoxy) is 1. The summed E-state index contributed by atoms with van der Waals surface area (Å²) in [4.78, 5) is 11.2. The number of carboxylic acid groups (broad SMARTS) is 1. The van der Waals surface area contributed by atoms with Crippen molar-refractivity contribution in [3.8, 4) is 16.9 Å². The summed E-state index contributed by atoms with van der Waals surface area (Å²) in [6.07, 6.45) is 0.0598.